The van der Waals surface area contributed by atoms with Crippen LogP contribution in [-0.4, -0.2) is 74.9 Å². The number of carbonyl (C=O) groups excluding carboxylic acids is 2. The van der Waals surface area contributed by atoms with Gasteiger partial charge in [0.15, 0.2) is 6.61 Å². The lowest BCUT2D eigenvalue weighted by Crippen LogP contribution is -2.52. The minimum atomic E-state index is -3.67. The summed E-state index contributed by atoms with van der Waals surface area (Å²) >= 11 is 0. The molecule has 0 radical (unpaired) electrons. The van der Waals surface area contributed by atoms with Gasteiger partial charge in [0.05, 0.1) is 18.1 Å². The third-order valence-electron chi connectivity index (χ3n) is 7.02. The molecule has 1 N–H and O–H groups in total. The number of rotatable bonds is 13. The lowest BCUT2D eigenvalue weighted by molar-refractivity contribution is -0.142. The number of amides is 2. The standard InChI is InChI=1S/C32H38FN3O6S/c1-24(2)21-34-32(38)30(20-25-6-4-3-5-7-25)36(22-26-8-10-27(33)11-9-26)31(37)23-42-28-12-14-29(15-13-28)43(39,40)35-16-18-41-19-17-35/h3-15,24,30H,16-23H2,1-2H3,(H,34,38)/t30-/m1/s1. The molecule has 1 aliphatic rings. The average molecular weight is 612 g/mol. The Labute approximate surface area is 252 Å². The monoisotopic (exact) mass is 611 g/mol. The van der Waals surface area contributed by atoms with Crippen molar-refractivity contribution in [3.8, 4) is 5.75 Å². The van der Waals surface area contributed by atoms with Crippen molar-refractivity contribution in [2.45, 2.75) is 37.8 Å². The molecule has 11 heteroatoms. The van der Waals surface area contributed by atoms with E-state index in [2.05, 4.69) is 5.32 Å². The molecule has 3 aromatic carbocycles. The Morgan fingerprint density at radius 1 is 0.953 bits per heavy atom. The minimum absolute atomic E-state index is 0.0613. The van der Waals surface area contributed by atoms with Crippen molar-refractivity contribution in [1.82, 2.24) is 14.5 Å². The van der Waals surface area contributed by atoms with Crippen molar-refractivity contribution in [2.24, 2.45) is 5.92 Å². The summed E-state index contributed by atoms with van der Waals surface area (Å²) in [5, 5.41) is 2.95. The number of hydrogen-bond acceptors (Lipinski definition) is 6. The molecule has 1 saturated heterocycles. The topological polar surface area (TPSA) is 105 Å². The zero-order chi connectivity index (χ0) is 30.8. The van der Waals surface area contributed by atoms with Crippen molar-refractivity contribution < 1.29 is 31.9 Å². The first-order valence-corrected chi connectivity index (χ1v) is 15.7. The van der Waals surface area contributed by atoms with E-state index < -0.39 is 27.8 Å². The second kappa shape index (κ2) is 15.1. The van der Waals surface area contributed by atoms with Crippen molar-refractivity contribution >= 4 is 21.8 Å². The largest absolute Gasteiger partial charge is 0.484 e. The molecule has 4 rings (SSSR count). The van der Waals surface area contributed by atoms with Gasteiger partial charge in [-0.25, -0.2) is 12.8 Å². The van der Waals surface area contributed by atoms with Crippen LogP contribution in [-0.2, 0) is 37.3 Å². The maximum Gasteiger partial charge on any atom is 0.261 e. The molecule has 3 aromatic rings. The molecule has 0 aromatic heterocycles. The highest BCUT2D eigenvalue weighted by molar-refractivity contribution is 7.89. The molecule has 1 heterocycles. The Morgan fingerprint density at radius 2 is 1.60 bits per heavy atom. The van der Waals surface area contributed by atoms with E-state index in [1.54, 1.807) is 12.1 Å². The summed E-state index contributed by atoms with van der Waals surface area (Å²) in [6.07, 6.45) is 0.270. The van der Waals surface area contributed by atoms with Crippen LogP contribution in [0.3, 0.4) is 0 Å². The van der Waals surface area contributed by atoms with Gasteiger partial charge in [0, 0.05) is 32.6 Å². The molecule has 1 fully saturated rings. The van der Waals surface area contributed by atoms with Gasteiger partial charge in [0.1, 0.15) is 17.6 Å². The zero-order valence-electron chi connectivity index (χ0n) is 24.4. The van der Waals surface area contributed by atoms with Crippen LogP contribution < -0.4 is 10.1 Å². The number of hydrogen-bond donors (Lipinski definition) is 1. The Balaban J connectivity index is 1.54. The van der Waals surface area contributed by atoms with E-state index in [9.17, 15) is 22.4 Å². The van der Waals surface area contributed by atoms with Crippen molar-refractivity contribution in [3.05, 3.63) is 95.8 Å². The smallest absolute Gasteiger partial charge is 0.261 e. The molecule has 2 amide bonds. The fourth-order valence-electron chi connectivity index (χ4n) is 4.63. The number of nitrogens with zero attached hydrogens (tertiary/aromatic N) is 2. The highest BCUT2D eigenvalue weighted by atomic mass is 32.2. The normalized spacial score (nSPS) is 14.7. The van der Waals surface area contributed by atoms with Crippen molar-refractivity contribution in [1.29, 1.82) is 0 Å². The van der Waals surface area contributed by atoms with Crippen LogP contribution in [0.25, 0.3) is 0 Å². The van der Waals surface area contributed by atoms with Crippen LogP contribution in [0.15, 0.2) is 83.8 Å². The van der Waals surface area contributed by atoms with E-state index >= 15 is 0 Å². The lowest BCUT2D eigenvalue weighted by Gasteiger charge is -2.31. The maximum absolute atomic E-state index is 13.7. The predicted octanol–water partition coefficient (Wildman–Crippen LogP) is 3.64. The molecule has 1 atom stereocenters. The Hall–Kier alpha value is -3.80. The van der Waals surface area contributed by atoms with Gasteiger partial charge in [-0.05, 0) is 53.4 Å². The predicted molar refractivity (Wildman–Crippen MR) is 160 cm³/mol. The molecule has 0 unspecified atom stereocenters. The second-order valence-electron chi connectivity index (χ2n) is 10.8. The van der Waals surface area contributed by atoms with E-state index in [1.165, 1.54) is 45.6 Å². The van der Waals surface area contributed by atoms with Gasteiger partial charge in [-0.1, -0.05) is 56.3 Å². The van der Waals surface area contributed by atoms with E-state index in [0.717, 1.165) is 5.56 Å². The van der Waals surface area contributed by atoms with E-state index in [0.29, 0.717) is 31.1 Å². The summed E-state index contributed by atoms with van der Waals surface area (Å²) in [7, 11) is -3.67. The van der Waals surface area contributed by atoms with Crippen LogP contribution >= 0.6 is 0 Å². The number of nitrogens with one attached hydrogen (secondary N) is 1. The molecule has 230 valence electrons. The molecular weight excluding hydrogens is 573 g/mol. The van der Waals surface area contributed by atoms with Crippen LogP contribution in [0, 0.1) is 11.7 Å². The molecule has 0 bridgehead atoms. The third-order valence-corrected chi connectivity index (χ3v) is 8.93. The third kappa shape index (κ3) is 9.09. The Kier molecular flexibility index (Phi) is 11.3. The van der Waals surface area contributed by atoms with Gasteiger partial charge < -0.3 is 19.7 Å². The Morgan fingerprint density at radius 3 is 2.23 bits per heavy atom. The number of morpholine rings is 1. The second-order valence-corrected chi connectivity index (χ2v) is 12.7. The van der Waals surface area contributed by atoms with Crippen LogP contribution in [0.4, 0.5) is 4.39 Å². The number of sulfonamides is 1. The van der Waals surface area contributed by atoms with Crippen LogP contribution in [0.1, 0.15) is 25.0 Å². The van der Waals surface area contributed by atoms with E-state index in [1.807, 2.05) is 44.2 Å². The number of benzene rings is 3. The number of halogens is 1. The SMILES string of the molecule is CC(C)CNC(=O)[C@@H](Cc1ccccc1)N(Cc1ccc(F)cc1)C(=O)COc1ccc(S(=O)(=O)N2CCOCC2)cc1. The van der Waals surface area contributed by atoms with Crippen molar-refractivity contribution in [3.63, 3.8) is 0 Å². The fourth-order valence-corrected chi connectivity index (χ4v) is 6.04. The minimum Gasteiger partial charge on any atom is -0.484 e. The van der Waals surface area contributed by atoms with Gasteiger partial charge in [0.25, 0.3) is 5.91 Å². The zero-order valence-corrected chi connectivity index (χ0v) is 25.3. The summed E-state index contributed by atoms with van der Waals surface area (Å²) in [6.45, 7) is 5.35. The van der Waals surface area contributed by atoms with Crippen molar-refractivity contribution in [2.75, 3.05) is 39.5 Å². The van der Waals surface area contributed by atoms with Gasteiger partial charge in [-0.2, -0.15) is 4.31 Å². The summed E-state index contributed by atoms with van der Waals surface area (Å²) in [6, 6.07) is 20.2. The highest BCUT2D eigenvalue weighted by Crippen LogP contribution is 2.21. The first-order chi connectivity index (χ1) is 20.6. The van der Waals surface area contributed by atoms with Gasteiger partial charge >= 0.3 is 0 Å². The first kappa shape index (κ1) is 32.1. The quantitative estimate of drug-likeness (QED) is 0.317. The number of carbonyl (C=O) groups is 2. The molecule has 0 saturated carbocycles. The lowest BCUT2D eigenvalue weighted by atomic mass is 10.0. The average Bonchev–Trinajstić information content (AvgIpc) is 3.02. The van der Waals surface area contributed by atoms with Crippen LogP contribution in [0.2, 0.25) is 0 Å². The summed E-state index contributed by atoms with van der Waals surface area (Å²) in [5.41, 5.74) is 1.53. The Bertz CT molecular complexity index is 1440. The summed E-state index contributed by atoms with van der Waals surface area (Å²) in [4.78, 5) is 28.8. The first-order valence-electron chi connectivity index (χ1n) is 14.3. The molecule has 43 heavy (non-hydrogen) atoms. The molecule has 9 nitrogen and oxygen atoms in total. The van der Waals surface area contributed by atoms with Crippen LogP contribution in [0.5, 0.6) is 5.75 Å². The van der Waals surface area contributed by atoms with Gasteiger partial charge in [0.2, 0.25) is 15.9 Å². The van der Waals surface area contributed by atoms with E-state index in [-0.39, 0.29) is 49.4 Å². The maximum atomic E-state index is 13.7. The van der Waals surface area contributed by atoms with E-state index in [4.69, 9.17) is 9.47 Å². The van der Waals surface area contributed by atoms with Gasteiger partial charge in [-0.15, -0.1) is 0 Å². The number of ether oxygens (including phenoxy) is 2. The summed E-state index contributed by atoms with van der Waals surface area (Å²) < 4.78 is 51.9. The molecular formula is C32H38FN3O6S. The molecule has 0 aliphatic carbocycles. The molecule has 1 aliphatic heterocycles. The molecule has 0 spiro atoms. The fraction of sp³-hybridized carbons (Fsp3) is 0.375. The van der Waals surface area contributed by atoms with Gasteiger partial charge in [-0.3, -0.25) is 9.59 Å². The summed E-state index contributed by atoms with van der Waals surface area (Å²) in [5.74, 6) is -0.638. The highest BCUT2D eigenvalue weighted by Gasteiger charge is 2.31.